The molecule has 0 aliphatic rings. The van der Waals surface area contributed by atoms with Crippen molar-refractivity contribution in [3.8, 4) is 0 Å². The van der Waals surface area contributed by atoms with Gasteiger partial charge in [0.05, 0.1) is 19.8 Å². The van der Waals surface area contributed by atoms with Crippen molar-refractivity contribution < 1.29 is 32.8 Å². The van der Waals surface area contributed by atoms with E-state index < -0.39 is 15.5 Å². The van der Waals surface area contributed by atoms with Crippen LogP contribution in [0.25, 0.3) is 0 Å². The fraction of sp³-hybridized carbons (Fsp3) is 1.00. The summed E-state index contributed by atoms with van der Waals surface area (Å²) in [6, 6.07) is 0. The number of hydrogen-bond donors (Lipinski definition) is 4. The highest BCUT2D eigenvalue weighted by Gasteiger charge is 2.40. The molecule has 7 nitrogen and oxygen atoms in total. The van der Waals surface area contributed by atoms with Gasteiger partial charge in [0.1, 0.15) is 13.1 Å². The Morgan fingerprint density at radius 2 is 1.47 bits per heavy atom. The fourth-order valence-electron chi connectivity index (χ4n) is 1.95. The Balaban J connectivity index is 5.13. The molecule has 0 bridgehead atoms. The van der Waals surface area contributed by atoms with Crippen LogP contribution in [0.3, 0.4) is 0 Å². The number of hydrogen-bond acceptors (Lipinski definition) is 5. The van der Waals surface area contributed by atoms with E-state index >= 15 is 0 Å². The minimum atomic E-state index is -4.27. The number of nitrogens with zero attached hydrogens (tertiary/aromatic N) is 1. The third-order valence-corrected chi connectivity index (χ3v) is 4.36. The van der Waals surface area contributed by atoms with Crippen LogP contribution in [-0.4, -0.2) is 77.6 Å². The lowest BCUT2D eigenvalue weighted by Gasteiger charge is -2.41. The summed E-state index contributed by atoms with van der Waals surface area (Å²) < 4.78 is 31.4. The van der Waals surface area contributed by atoms with Crippen LogP contribution in [0.5, 0.6) is 0 Å². The topological polar surface area (TPSA) is 115 Å². The van der Waals surface area contributed by atoms with E-state index in [2.05, 4.69) is 0 Å². The molecular weight excluding hydrogens is 250 g/mol. The third kappa shape index (κ3) is 4.86. The Bertz CT molecular complexity index is 299. The van der Waals surface area contributed by atoms with Gasteiger partial charge in [0, 0.05) is 20.0 Å². The first-order valence-electron chi connectivity index (χ1n) is 5.48. The molecule has 4 N–H and O–H groups in total. The highest BCUT2D eigenvalue weighted by molar-refractivity contribution is 7.86. The second-order valence-electron chi connectivity index (χ2n) is 4.03. The molecule has 104 valence electrons. The zero-order chi connectivity index (χ0) is 13.5. The van der Waals surface area contributed by atoms with Crippen LogP contribution >= 0.6 is 0 Å². The molecule has 0 aliphatic carbocycles. The molecule has 0 fully saturated rings. The van der Waals surface area contributed by atoms with Crippen molar-refractivity contribution in [2.45, 2.75) is 18.7 Å². The van der Waals surface area contributed by atoms with Crippen molar-refractivity contribution in [2.75, 3.05) is 39.5 Å². The van der Waals surface area contributed by atoms with Gasteiger partial charge in [-0.25, -0.2) is 0 Å². The van der Waals surface area contributed by atoms with Gasteiger partial charge in [-0.1, -0.05) is 0 Å². The zero-order valence-corrected chi connectivity index (χ0v) is 10.8. The molecule has 1 atom stereocenters. The van der Waals surface area contributed by atoms with Crippen molar-refractivity contribution in [3.63, 3.8) is 0 Å². The number of quaternary nitrogens is 1. The molecule has 1 unspecified atom stereocenters. The van der Waals surface area contributed by atoms with E-state index in [0.717, 1.165) is 0 Å². The molecule has 8 heteroatoms. The van der Waals surface area contributed by atoms with Crippen molar-refractivity contribution in [3.05, 3.63) is 0 Å². The Morgan fingerprint density at radius 3 is 1.76 bits per heavy atom. The predicted octanol–water partition coefficient (Wildman–Crippen LogP) is -1.60. The summed E-state index contributed by atoms with van der Waals surface area (Å²) in [4.78, 5) is 0. The van der Waals surface area contributed by atoms with Gasteiger partial charge in [-0.05, 0) is 0 Å². The Kier molecular flexibility index (Phi) is 7.14. The highest BCUT2D eigenvalue weighted by Crippen LogP contribution is 2.18. The van der Waals surface area contributed by atoms with Gasteiger partial charge >= 0.3 is 10.1 Å². The molecule has 0 rings (SSSR count). The van der Waals surface area contributed by atoms with Gasteiger partial charge in [-0.3, -0.25) is 4.55 Å². The second kappa shape index (κ2) is 7.24. The first-order chi connectivity index (χ1) is 7.84. The van der Waals surface area contributed by atoms with E-state index in [0.29, 0.717) is 6.42 Å². The summed E-state index contributed by atoms with van der Waals surface area (Å²) in [5, 5.41) is 25.7. The minimum Gasteiger partial charge on any atom is -0.396 e. The van der Waals surface area contributed by atoms with Crippen molar-refractivity contribution >= 4 is 10.1 Å². The maximum atomic E-state index is 11.2. The third-order valence-electron chi connectivity index (χ3n) is 3.05. The van der Waals surface area contributed by atoms with Crippen LogP contribution in [0.15, 0.2) is 0 Å². The van der Waals surface area contributed by atoms with Gasteiger partial charge in [0.2, 0.25) is 5.37 Å². The van der Waals surface area contributed by atoms with Crippen LogP contribution in [0.2, 0.25) is 0 Å². The Labute approximate surface area is 102 Å². The average Bonchev–Trinajstić information content (AvgIpc) is 2.24. The maximum absolute atomic E-state index is 11.2. The Hall–Kier alpha value is -0.250. The van der Waals surface area contributed by atoms with Crippen LogP contribution in [0, 0.1) is 0 Å². The molecule has 0 amide bonds. The molecule has 0 aromatic rings. The lowest BCUT2D eigenvalue weighted by atomic mass is 10.2. The van der Waals surface area contributed by atoms with Gasteiger partial charge < -0.3 is 19.8 Å². The van der Waals surface area contributed by atoms with E-state index in [-0.39, 0.29) is 43.9 Å². The molecule has 0 radical (unpaired) electrons. The molecule has 0 saturated carbocycles. The zero-order valence-electron chi connectivity index (χ0n) is 9.99. The second-order valence-corrected chi connectivity index (χ2v) is 5.74. The summed E-state index contributed by atoms with van der Waals surface area (Å²) >= 11 is 0. The van der Waals surface area contributed by atoms with E-state index in [9.17, 15) is 8.42 Å². The molecule has 0 heterocycles. The van der Waals surface area contributed by atoms with E-state index in [1.807, 2.05) is 0 Å². The molecule has 0 saturated heterocycles. The van der Waals surface area contributed by atoms with Crippen molar-refractivity contribution in [2.24, 2.45) is 0 Å². The van der Waals surface area contributed by atoms with Gasteiger partial charge in [-0.2, -0.15) is 8.42 Å². The van der Waals surface area contributed by atoms with Gasteiger partial charge in [0.15, 0.2) is 0 Å². The largest absolute Gasteiger partial charge is 0.396 e. The fourth-order valence-corrected chi connectivity index (χ4v) is 2.83. The minimum absolute atomic E-state index is 0.0987. The summed E-state index contributed by atoms with van der Waals surface area (Å²) in [5.41, 5.74) is 0. The smallest absolute Gasteiger partial charge is 0.319 e. The molecule has 0 aliphatic heterocycles. The monoisotopic (exact) mass is 272 g/mol. The Morgan fingerprint density at radius 1 is 1.00 bits per heavy atom. The van der Waals surface area contributed by atoms with Gasteiger partial charge in [0.25, 0.3) is 0 Å². The maximum Gasteiger partial charge on any atom is 0.319 e. The first-order valence-corrected chi connectivity index (χ1v) is 6.99. The predicted molar refractivity (Wildman–Crippen MR) is 61.7 cm³/mol. The van der Waals surface area contributed by atoms with Crippen LogP contribution in [0.1, 0.15) is 13.3 Å². The van der Waals surface area contributed by atoms with Crippen molar-refractivity contribution in [1.82, 2.24) is 0 Å². The lowest BCUT2D eigenvalue weighted by molar-refractivity contribution is -0.937. The summed E-state index contributed by atoms with van der Waals surface area (Å²) in [7, 11) is -4.27. The van der Waals surface area contributed by atoms with Crippen LogP contribution in [0.4, 0.5) is 0 Å². The number of aliphatic hydroxyl groups is 3. The molecule has 0 aromatic carbocycles. The van der Waals surface area contributed by atoms with E-state index in [4.69, 9.17) is 19.9 Å². The molecule has 0 aromatic heterocycles. The number of rotatable bonds is 9. The number of aliphatic hydroxyl groups excluding tert-OH is 3. The van der Waals surface area contributed by atoms with Crippen LogP contribution < -0.4 is 0 Å². The summed E-state index contributed by atoms with van der Waals surface area (Å²) in [5.74, 6) is 0. The molecule has 17 heavy (non-hydrogen) atoms. The summed E-state index contributed by atoms with van der Waals surface area (Å²) in [6.07, 6.45) is 0.333. The summed E-state index contributed by atoms with van der Waals surface area (Å²) in [6.45, 7) is 1.16. The average molecular weight is 272 g/mol. The van der Waals surface area contributed by atoms with Crippen LogP contribution in [-0.2, 0) is 10.1 Å². The molecular formula is C9H22NO6S+. The van der Waals surface area contributed by atoms with E-state index in [1.54, 1.807) is 0 Å². The highest BCUT2D eigenvalue weighted by atomic mass is 32.2. The quantitative estimate of drug-likeness (QED) is 0.297. The lowest BCUT2D eigenvalue weighted by Crippen LogP contribution is -2.60. The SMILES string of the molecule is CC([N+](CCO)(CCO)CCCO)S(=O)(=O)O. The van der Waals surface area contributed by atoms with Crippen molar-refractivity contribution in [1.29, 1.82) is 0 Å². The normalized spacial score (nSPS) is 14.9. The first kappa shape index (κ1) is 16.8. The van der Waals surface area contributed by atoms with Gasteiger partial charge in [-0.15, -0.1) is 0 Å². The van der Waals surface area contributed by atoms with E-state index in [1.165, 1.54) is 6.92 Å². The standard InChI is InChI=1S/C9H21NO6S/c1-9(17(14,15)16)10(4-7-12,5-8-13)3-2-6-11/h9,11-13H,2-8H2,1H3/p+1. The molecule has 0 spiro atoms.